The van der Waals surface area contributed by atoms with Crippen LogP contribution in [0.3, 0.4) is 0 Å². The highest BCUT2D eigenvalue weighted by molar-refractivity contribution is 9.10. The number of anilines is 1. The van der Waals surface area contributed by atoms with Crippen molar-refractivity contribution in [2.75, 3.05) is 5.43 Å². The second-order valence-corrected chi connectivity index (χ2v) is 2.95. The van der Waals surface area contributed by atoms with Crippen molar-refractivity contribution in [3.05, 3.63) is 28.7 Å². The van der Waals surface area contributed by atoms with Crippen molar-refractivity contribution in [3.63, 3.8) is 0 Å². The number of hydrogen-bond acceptors (Lipinski definition) is 2. The van der Waals surface area contributed by atoms with Gasteiger partial charge >= 0.3 is 0 Å². The summed E-state index contributed by atoms with van der Waals surface area (Å²) in [6, 6.07) is 7.84. The molecular formula is C6H7Br2ClN2. The van der Waals surface area contributed by atoms with Gasteiger partial charge in [-0.25, -0.2) is 0 Å². The van der Waals surface area contributed by atoms with Gasteiger partial charge in [-0.15, -0.1) is 12.4 Å². The van der Waals surface area contributed by atoms with Gasteiger partial charge in [-0.3, -0.25) is 0 Å². The Kier molecular flexibility index (Phi) is 5.95. The highest BCUT2D eigenvalue weighted by atomic mass is 79.9. The Morgan fingerprint density at radius 3 is 2.36 bits per heavy atom. The second-order valence-electron chi connectivity index (χ2n) is 1.70. The SMILES string of the molecule is BrNNc1ccccc1Br.Cl. The van der Waals surface area contributed by atoms with Crippen molar-refractivity contribution in [1.82, 2.24) is 4.45 Å². The molecule has 62 valence electrons. The van der Waals surface area contributed by atoms with Gasteiger partial charge in [0.15, 0.2) is 0 Å². The molecule has 1 rings (SSSR count). The van der Waals surface area contributed by atoms with E-state index in [4.69, 9.17) is 0 Å². The minimum Gasteiger partial charge on any atom is -0.310 e. The van der Waals surface area contributed by atoms with Crippen molar-refractivity contribution >= 4 is 50.2 Å². The van der Waals surface area contributed by atoms with E-state index in [0.717, 1.165) is 10.2 Å². The van der Waals surface area contributed by atoms with Crippen LogP contribution in [-0.4, -0.2) is 0 Å². The van der Waals surface area contributed by atoms with Crippen molar-refractivity contribution in [2.45, 2.75) is 0 Å². The maximum atomic E-state index is 3.37. The van der Waals surface area contributed by atoms with Crippen LogP contribution in [0.5, 0.6) is 0 Å². The zero-order valence-electron chi connectivity index (χ0n) is 5.47. The highest BCUT2D eigenvalue weighted by Crippen LogP contribution is 2.20. The lowest BCUT2D eigenvalue weighted by molar-refractivity contribution is 1.24. The normalized spacial score (nSPS) is 8.55. The van der Waals surface area contributed by atoms with Gasteiger partial charge in [0.25, 0.3) is 0 Å². The molecule has 0 aliphatic carbocycles. The summed E-state index contributed by atoms with van der Waals surface area (Å²) in [7, 11) is 0. The molecule has 0 saturated heterocycles. The minimum absolute atomic E-state index is 0. The number of para-hydroxylation sites is 1. The van der Waals surface area contributed by atoms with Crippen molar-refractivity contribution < 1.29 is 0 Å². The predicted molar refractivity (Wildman–Crippen MR) is 57.1 cm³/mol. The molecule has 11 heavy (non-hydrogen) atoms. The van der Waals surface area contributed by atoms with E-state index in [1.165, 1.54) is 0 Å². The molecule has 2 nitrogen and oxygen atoms in total. The molecule has 0 radical (unpaired) electrons. The van der Waals surface area contributed by atoms with Gasteiger partial charge < -0.3 is 5.43 Å². The minimum atomic E-state index is 0. The lowest BCUT2D eigenvalue weighted by Gasteiger charge is -2.03. The molecule has 0 aliphatic rings. The van der Waals surface area contributed by atoms with E-state index in [1.807, 2.05) is 24.3 Å². The van der Waals surface area contributed by atoms with E-state index in [2.05, 4.69) is 42.0 Å². The topological polar surface area (TPSA) is 24.1 Å². The van der Waals surface area contributed by atoms with Crippen molar-refractivity contribution in [1.29, 1.82) is 0 Å². The van der Waals surface area contributed by atoms with Gasteiger partial charge in [-0.2, -0.15) is 4.45 Å². The summed E-state index contributed by atoms with van der Waals surface area (Å²) in [5.74, 6) is 0. The van der Waals surface area contributed by atoms with E-state index >= 15 is 0 Å². The molecule has 1 aromatic carbocycles. The van der Waals surface area contributed by atoms with E-state index in [9.17, 15) is 0 Å². The molecular weight excluding hydrogens is 295 g/mol. The van der Waals surface area contributed by atoms with Gasteiger partial charge in [-0.1, -0.05) is 12.1 Å². The number of rotatable bonds is 2. The standard InChI is InChI=1S/C6H6Br2N2.ClH/c7-5-3-1-2-4-6(5)9-10-8;/h1-4,9-10H;1H. The summed E-state index contributed by atoms with van der Waals surface area (Å²) in [5.41, 5.74) is 3.90. The fourth-order valence-corrected chi connectivity index (χ4v) is 1.21. The number of hydrogen-bond donors (Lipinski definition) is 2. The van der Waals surface area contributed by atoms with Crippen molar-refractivity contribution in [3.8, 4) is 0 Å². The van der Waals surface area contributed by atoms with Crippen LogP contribution in [0.1, 0.15) is 0 Å². The largest absolute Gasteiger partial charge is 0.310 e. The van der Waals surface area contributed by atoms with Crippen LogP contribution in [0.2, 0.25) is 0 Å². The zero-order valence-corrected chi connectivity index (χ0v) is 9.46. The third-order valence-corrected chi connectivity index (χ3v) is 1.95. The van der Waals surface area contributed by atoms with Gasteiger partial charge in [0.2, 0.25) is 0 Å². The second kappa shape index (κ2) is 5.83. The average Bonchev–Trinajstić information content (AvgIpc) is 1.94. The molecule has 0 spiro atoms. The van der Waals surface area contributed by atoms with Crippen molar-refractivity contribution in [2.24, 2.45) is 0 Å². The summed E-state index contributed by atoms with van der Waals surface area (Å²) >= 11 is 6.41. The molecule has 1 aromatic rings. The molecule has 0 aromatic heterocycles. The molecule has 0 atom stereocenters. The Hall–Kier alpha value is 0.230. The Balaban J connectivity index is 0.000001000. The third-order valence-electron chi connectivity index (χ3n) is 1.06. The Labute approximate surface area is 88.6 Å². The fraction of sp³-hybridized carbons (Fsp3) is 0. The Bertz CT molecular complexity index is 219. The van der Waals surface area contributed by atoms with Crippen LogP contribution in [0.15, 0.2) is 28.7 Å². The summed E-state index contributed by atoms with van der Waals surface area (Å²) < 4.78 is 3.69. The maximum Gasteiger partial charge on any atom is 0.0638 e. The molecule has 0 saturated carbocycles. The van der Waals surface area contributed by atoms with Gasteiger partial charge in [0.1, 0.15) is 0 Å². The van der Waals surface area contributed by atoms with E-state index in [0.29, 0.717) is 0 Å². The van der Waals surface area contributed by atoms with Crippen LogP contribution in [0.4, 0.5) is 5.69 Å². The van der Waals surface area contributed by atoms with Gasteiger partial charge in [0.05, 0.1) is 5.69 Å². The summed E-state index contributed by atoms with van der Waals surface area (Å²) in [6.45, 7) is 0. The van der Waals surface area contributed by atoms with E-state index < -0.39 is 0 Å². The molecule has 2 N–H and O–H groups in total. The lowest BCUT2D eigenvalue weighted by Crippen LogP contribution is -2.07. The smallest absolute Gasteiger partial charge is 0.0638 e. The third kappa shape index (κ3) is 3.42. The summed E-state index contributed by atoms with van der Waals surface area (Å²) in [6.07, 6.45) is 0. The molecule has 0 fully saturated rings. The molecule has 0 aliphatic heterocycles. The van der Waals surface area contributed by atoms with Crippen LogP contribution in [-0.2, 0) is 0 Å². The lowest BCUT2D eigenvalue weighted by atomic mass is 10.3. The predicted octanol–water partition coefficient (Wildman–Crippen LogP) is 3.10. The van der Waals surface area contributed by atoms with Gasteiger partial charge in [0, 0.05) is 20.6 Å². The molecule has 0 bridgehead atoms. The van der Waals surface area contributed by atoms with Gasteiger partial charge in [-0.05, 0) is 28.1 Å². The van der Waals surface area contributed by atoms with E-state index in [-0.39, 0.29) is 12.4 Å². The first-order chi connectivity index (χ1) is 4.84. The first-order valence-corrected chi connectivity index (χ1v) is 4.29. The summed E-state index contributed by atoms with van der Waals surface area (Å²) in [5, 5.41) is 0. The number of halogens is 3. The fourth-order valence-electron chi connectivity index (χ4n) is 0.613. The average molecular weight is 302 g/mol. The maximum absolute atomic E-state index is 3.37. The van der Waals surface area contributed by atoms with Crippen LogP contribution < -0.4 is 9.88 Å². The van der Waals surface area contributed by atoms with Crippen LogP contribution >= 0.6 is 44.5 Å². The number of benzene rings is 1. The number of nitrogens with one attached hydrogen (secondary N) is 2. The Morgan fingerprint density at radius 1 is 1.18 bits per heavy atom. The monoisotopic (exact) mass is 300 g/mol. The Morgan fingerprint density at radius 2 is 1.82 bits per heavy atom. The molecule has 5 heteroatoms. The first kappa shape index (κ1) is 11.2. The zero-order chi connectivity index (χ0) is 7.40. The van der Waals surface area contributed by atoms with Crippen LogP contribution in [0.25, 0.3) is 0 Å². The summed E-state index contributed by atoms with van der Waals surface area (Å²) in [4.78, 5) is 0. The molecule has 0 unspecified atom stereocenters. The first-order valence-electron chi connectivity index (χ1n) is 2.71. The van der Waals surface area contributed by atoms with Crippen LogP contribution in [0, 0.1) is 0 Å². The molecule has 0 amide bonds. The quantitative estimate of drug-likeness (QED) is 0.648. The molecule has 0 heterocycles. The highest BCUT2D eigenvalue weighted by Gasteiger charge is 1.93. The number of hydrazine groups is 1. The van der Waals surface area contributed by atoms with E-state index in [1.54, 1.807) is 0 Å².